The molecule has 2 aromatic rings. The largest absolute Gasteiger partial charge is 0.423 e. The summed E-state index contributed by atoms with van der Waals surface area (Å²) in [5, 5.41) is 15.8. The van der Waals surface area contributed by atoms with E-state index in [0.29, 0.717) is 18.3 Å². The van der Waals surface area contributed by atoms with Crippen LogP contribution in [0.3, 0.4) is 0 Å². The third-order valence-electron chi connectivity index (χ3n) is 2.48. The molecular formula is C10H16N6O. The zero-order valence-electron chi connectivity index (χ0n) is 10.00. The summed E-state index contributed by atoms with van der Waals surface area (Å²) in [6, 6.07) is -0.0716. The Bertz CT molecular complexity index is 477. The lowest BCUT2D eigenvalue weighted by Gasteiger charge is -2.01. The second-order valence-electron chi connectivity index (χ2n) is 3.80. The van der Waals surface area contributed by atoms with Gasteiger partial charge in [-0.2, -0.15) is 0 Å². The predicted molar refractivity (Wildman–Crippen MR) is 60.0 cm³/mol. The van der Waals surface area contributed by atoms with E-state index in [1.807, 2.05) is 20.0 Å². The zero-order chi connectivity index (χ0) is 12.3. The predicted octanol–water partition coefficient (Wildman–Crippen LogP) is 0.682. The Hall–Kier alpha value is -1.76. The summed E-state index contributed by atoms with van der Waals surface area (Å²) in [6.07, 6.45) is 3.37. The SMILES string of the molecule is CCc1nnc(Cn2cc(C(N)CC)nn2)o1. The van der Waals surface area contributed by atoms with Crippen molar-refractivity contribution in [1.29, 1.82) is 0 Å². The number of aryl methyl sites for hydroxylation is 1. The fraction of sp³-hybridized carbons (Fsp3) is 0.600. The van der Waals surface area contributed by atoms with Crippen LogP contribution < -0.4 is 5.73 Å². The van der Waals surface area contributed by atoms with Gasteiger partial charge in [-0.1, -0.05) is 19.1 Å². The molecule has 2 rings (SSSR count). The first kappa shape index (κ1) is 11.7. The van der Waals surface area contributed by atoms with Gasteiger partial charge in [0.25, 0.3) is 0 Å². The molecule has 0 saturated carbocycles. The molecule has 0 radical (unpaired) electrons. The highest BCUT2D eigenvalue weighted by atomic mass is 16.4. The summed E-state index contributed by atoms with van der Waals surface area (Å²) >= 11 is 0. The van der Waals surface area contributed by atoms with Crippen molar-refractivity contribution in [3.8, 4) is 0 Å². The number of nitrogens with zero attached hydrogens (tertiary/aromatic N) is 5. The minimum atomic E-state index is -0.0716. The van der Waals surface area contributed by atoms with Crippen molar-refractivity contribution in [2.45, 2.75) is 39.3 Å². The monoisotopic (exact) mass is 236 g/mol. The summed E-state index contributed by atoms with van der Waals surface area (Å²) in [4.78, 5) is 0. The maximum Gasteiger partial charge on any atom is 0.237 e. The molecule has 2 heterocycles. The molecule has 2 N–H and O–H groups in total. The molecule has 7 heteroatoms. The van der Waals surface area contributed by atoms with Crippen LogP contribution >= 0.6 is 0 Å². The molecule has 17 heavy (non-hydrogen) atoms. The van der Waals surface area contributed by atoms with E-state index >= 15 is 0 Å². The van der Waals surface area contributed by atoms with Crippen LogP contribution in [0.15, 0.2) is 10.6 Å². The first-order chi connectivity index (χ1) is 8.22. The molecule has 0 fully saturated rings. The van der Waals surface area contributed by atoms with Gasteiger partial charge in [-0.05, 0) is 6.42 Å². The van der Waals surface area contributed by atoms with E-state index < -0.39 is 0 Å². The van der Waals surface area contributed by atoms with Crippen molar-refractivity contribution in [3.05, 3.63) is 23.7 Å². The molecule has 0 bridgehead atoms. The van der Waals surface area contributed by atoms with Crippen LogP contribution in [0.5, 0.6) is 0 Å². The van der Waals surface area contributed by atoms with Gasteiger partial charge >= 0.3 is 0 Å². The molecule has 0 amide bonds. The number of aromatic nitrogens is 5. The van der Waals surface area contributed by atoms with Gasteiger partial charge in [0.05, 0.1) is 17.9 Å². The molecule has 0 saturated heterocycles. The molecular weight excluding hydrogens is 220 g/mol. The van der Waals surface area contributed by atoms with Crippen LogP contribution in [0.25, 0.3) is 0 Å². The lowest BCUT2D eigenvalue weighted by Crippen LogP contribution is -2.08. The van der Waals surface area contributed by atoms with E-state index in [4.69, 9.17) is 10.2 Å². The molecule has 0 aliphatic rings. The second-order valence-corrected chi connectivity index (χ2v) is 3.80. The molecule has 2 aromatic heterocycles. The summed E-state index contributed by atoms with van der Waals surface area (Å²) < 4.78 is 7.04. The Morgan fingerprint density at radius 3 is 2.71 bits per heavy atom. The number of nitrogens with two attached hydrogens (primary N) is 1. The van der Waals surface area contributed by atoms with E-state index in [-0.39, 0.29) is 6.04 Å². The minimum Gasteiger partial charge on any atom is -0.423 e. The van der Waals surface area contributed by atoms with Gasteiger partial charge in [-0.3, -0.25) is 0 Å². The van der Waals surface area contributed by atoms with Crippen molar-refractivity contribution in [1.82, 2.24) is 25.2 Å². The Kier molecular flexibility index (Phi) is 3.48. The highest BCUT2D eigenvalue weighted by molar-refractivity contribution is 4.99. The Labute approximate surface area is 99.0 Å². The highest BCUT2D eigenvalue weighted by Crippen LogP contribution is 2.10. The zero-order valence-corrected chi connectivity index (χ0v) is 10.00. The molecule has 0 aliphatic carbocycles. The average Bonchev–Trinajstić information content (AvgIpc) is 2.97. The van der Waals surface area contributed by atoms with Crippen molar-refractivity contribution in [2.24, 2.45) is 5.73 Å². The average molecular weight is 236 g/mol. The Morgan fingerprint density at radius 1 is 1.29 bits per heavy atom. The second kappa shape index (κ2) is 5.05. The molecule has 92 valence electrons. The van der Waals surface area contributed by atoms with Crippen LogP contribution in [0.4, 0.5) is 0 Å². The van der Waals surface area contributed by atoms with Crippen LogP contribution in [0, 0.1) is 0 Å². The van der Waals surface area contributed by atoms with E-state index in [2.05, 4.69) is 20.5 Å². The van der Waals surface area contributed by atoms with Crippen LogP contribution in [-0.2, 0) is 13.0 Å². The maximum atomic E-state index is 5.86. The first-order valence-corrected chi connectivity index (χ1v) is 5.69. The molecule has 7 nitrogen and oxygen atoms in total. The van der Waals surface area contributed by atoms with Gasteiger partial charge in [-0.15, -0.1) is 15.3 Å². The fourth-order valence-corrected chi connectivity index (χ4v) is 1.40. The van der Waals surface area contributed by atoms with Crippen molar-refractivity contribution >= 4 is 0 Å². The first-order valence-electron chi connectivity index (χ1n) is 5.69. The van der Waals surface area contributed by atoms with E-state index in [9.17, 15) is 0 Å². The van der Waals surface area contributed by atoms with Crippen molar-refractivity contribution in [3.63, 3.8) is 0 Å². The molecule has 0 spiro atoms. The molecule has 1 unspecified atom stereocenters. The standard InChI is InChI=1S/C10H16N6O/c1-3-7(11)8-5-16(15-12-8)6-10-14-13-9(4-2)17-10/h5,7H,3-4,6,11H2,1-2H3. The normalized spacial score (nSPS) is 12.9. The summed E-state index contributed by atoms with van der Waals surface area (Å²) in [5.74, 6) is 1.16. The quantitative estimate of drug-likeness (QED) is 0.820. The van der Waals surface area contributed by atoms with Crippen LogP contribution in [0.1, 0.15) is 43.8 Å². The van der Waals surface area contributed by atoms with E-state index in [0.717, 1.165) is 18.5 Å². The van der Waals surface area contributed by atoms with Crippen molar-refractivity contribution in [2.75, 3.05) is 0 Å². The third kappa shape index (κ3) is 2.68. The van der Waals surface area contributed by atoms with Gasteiger partial charge in [0, 0.05) is 6.42 Å². The van der Waals surface area contributed by atoms with E-state index in [1.165, 1.54) is 0 Å². The highest BCUT2D eigenvalue weighted by Gasteiger charge is 2.10. The van der Waals surface area contributed by atoms with Crippen molar-refractivity contribution < 1.29 is 4.42 Å². The lowest BCUT2D eigenvalue weighted by atomic mass is 10.2. The maximum absolute atomic E-state index is 5.86. The molecule has 0 aromatic carbocycles. The summed E-state index contributed by atoms with van der Waals surface area (Å²) in [5.41, 5.74) is 6.64. The van der Waals surface area contributed by atoms with Gasteiger partial charge in [0.1, 0.15) is 6.54 Å². The fourth-order valence-electron chi connectivity index (χ4n) is 1.40. The minimum absolute atomic E-state index is 0.0716. The molecule has 0 aliphatic heterocycles. The Balaban J connectivity index is 2.06. The van der Waals surface area contributed by atoms with Gasteiger partial charge < -0.3 is 10.2 Å². The summed E-state index contributed by atoms with van der Waals surface area (Å²) in [7, 11) is 0. The van der Waals surface area contributed by atoms with Gasteiger partial charge in [-0.25, -0.2) is 4.68 Å². The number of hydrogen-bond acceptors (Lipinski definition) is 6. The third-order valence-corrected chi connectivity index (χ3v) is 2.48. The smallest absolute Gasteiger partial charge is 0.237 e. The topological polar surface area (TPSA) is 95.7 Å². The van der Waals surface area contributed by atoms with Crippen LogP contribution in [0.2, 0.25) is 0 Å². The van der Waals surface area contributed by atoms with Gasteiger partial charge in [0.2, 0.25) is 11.8 Å². The van der Waals surface area contributed by atoms with E-state index in [1.54, 1.807) is 4.68 Å². The lowest BCUT2D eigenvalue weighted by molar-refractivity contribution is 0.430. The van der Waals surface area contributed by atoms with Crippen LogP contribution in [-0.4, -0.2) is 25.2 Å². The Morgan fingerprint density at radius 2 is 2.06 bits per heavy atom. The number of hydrogen-bond donors (Lipinski definition) is 1. The summed E-state index contributed by atoms with van der Waals surface area (Å²) in [6.45, 7) is 4.40. The van der Waals surface area contributed by atoms with Gasteiger partial charge in [0.15, 0.2) is 0 Å². The molecule has 1 atom stereocenters. The number of rotatable bonds is 5.